The summed E-state index contributed by atoms with van der Waals surface area (Å²) >= 11 is 0. The Bertz CT molecular complexity index is 864. The smallest absolute Gasteiger partial charge is 0.326 e. The van der Waals surface area contributed by atoms with Gasteiger partial charge in [-0.3, -0.25) is 19.2 Å². The average molecular weight is 480 g/mol. The zero-order valence-electron chi connectivity index (χ0n) is 19.2. The number of aliphatic hydroxyl groups is 1. The van der Waals surface area contributed by atoms with Crippen LogP contribution in [0.5, 0.6) is 0 Å². The molecule has 0 aromatic heterocycles. The Morgan fingerprint density at radius 2 is 1.50 bits per heavy atom. The number of hydrogen-bond donors (Lipinski definition) is 7. The lowest BCUT2D eigenvalue weighted by Crippen LogP contribution is -2.59. The van der Waals surface area contributed by atoms with E-state index in [4.69, 9.17) is 16.6 Å². The fraction of sp³-hybridized carbons (Fsp3) is 0.500. The van der Waals surface area contributed by atoms with Crippen molar-refractivity contribution in [1.29, 1.82) is 0 Å². The van der Waals surface area contributed by atoms with E-state index in [1.165, 1.54) is 0 Å². The second-order valence-corrected chi connectivity index (χ2v) is 7.98. The quantitative estimate of drug-likeness (QED) is 0.158. The number of hydrogen-bond acceptors (Lipinski definition) is 7. The zero-order chi connectivity index (χ0) is 25.8. The summed E-state index contributed by atoms with van der Waals surface area (Å²) in [4.78, 5) is 61.1. The molecule has 188 valence electrons. The van der Waals surface area contributed by atoms with Crippen molar-refractivity contribution < 1.29 is 34.2 Å². The molecule has 1 aromatic rings. The van der Waals surface area contributed by atoms with Crippen molar-refractivity contribution in [2.75, 3.05) is 6.61 Å². The lowest BCUT2D eigenvalue weighted by molar-refractivity contribution is -0.144. The summed E-state index contributed by atoms with van der Waals surface area (Å²) in [6, 6.07) is 3.48. The van der Waals surface area contributed by atoms with E-state index in [9.17, 15) is 29.1 Å². The van der Waals surface area contributed by atoms with Crippen molar-refractivity contribution in [1.82, 2.24) is 16.0 Å². The molecule has 0 spiro atoms. The van der Waals surface area contributed by atoms with E-state index >= 15 is 0 Å². The topological polar surface area (TPSA) is 214 Å². The van der Waals surface area contributed by atoms with E-state index in [1.54, 1.807) is 44.2 Å². The minimum atomic E-state index is -1.46. The molecule has 0 heterocycles. The van der Waals surface area contributed by atoms with Crippen molar-refractivity contribution in [2.24, 2.45) is 17.4 Å². The standard InChI is InChI=1S/C22H33N5O7/c1-3-12(2)18(22(33)34)27-21(32)15(9-13-7-5-4-6-8-13)26-20(31)16(10-17(24)29)25-19(30)14(23)11-28/h4-8,12,14-16,18,28H,3,9-11,23H2,1-2H3,(H2,24,29)(H,25,30)(H,26,31)(H,27,32)(H,33,34). The minimum absolute atomic E-state index is 0.0125. The van der Waals surface area contributed by atoms with Crippen molar-refractivity contribution in [3.63, 3.8) is 0 Å². The monoisotopic (exact) mass is 479 g/mol. The average Bonchev–Trinajstić information content (AvgIpc) is 2.80. The molecule has 0 fully saturated rings. The van der Waals surface area contributed by atoms with E-state index in [0.29, 0.717) is 12.0 Å². The van der Waals surface area contributed by atoms with Crippen molar-refractivity contribution in [3.8, 4) is 0 Å². The Kier molecular flexibility index (Phi) is 11.7. The third-order valence-electron chi connectivity index (χ3n) is 5.26. The number of primary amides is 1. The minimum Gasteiger partial charge on any atom is -0.480 e. The van der Waals surface area contributed by atoms with Gasteiger partial charge in [-0.05, 0) is 11.5 Å². The lowest BCUT2D eigenvalue weighted by Gasteiger charge is -2.26. The maximum atomic E-state index is 13.0. The van der Waals surface area contributed by atoms with Crippen LogP contribution < -0.4 is 27.4 Å². The van der Waals surface area contributed by atoms with Gasteiger partial charge in [-0.2, -0.15) is 0 Å². The molecule has 0 aliphatic heterocycles. The second-order valence-electron chi connectivity index (χ2n) is 7.98. The molecule has 12 nitrogen and oxygen atoms in total. The fourth-order valence-electron chi connectivity index (χ4n) is 3.04. The van der Waals surface area contributed by atoms with Crippen LogP contribution in [0.25, 0.3) is 0 Å². The molecule has 0 aliphatic rings. The van der Waals surface area contributed by atoms with E-state index < -0.39 is 66.8 Å². The first-order valence-electron chi connectivity index (χ1n) is 10.8. The van der Waals surface area contributed by atoms with Crippen LogP contribution in [-0.2, 0) is 30.4 Å². The molecule has 12 heteroatoms. The summed E-state index contributed by atoms with van der Waals surface area (Å²) in [6.07, 6.45) is -0.0799. The summed E-state index contributed by atoms with van der Waals surface area (Å²) in [7, 11) is 0. The molecule has 9 N–H and O–H groups in total. The number of carboxylic acid groups (broad SMARTS) is 1. The van der Waals surface area contributed by atoms with Gasteiger partial charge in [0.25, 0.3) is 0 Å². The van der Waals surface area contributed by atoms with Crippen molar-refractivity contribution in [2.45, 2.75) is 57.3 Å². The largest absolute Gasteiger partial charge is 0.480 e. The van der Waals surface area contributed by atoms with Gasteiger partial charge in [-0.1, -0.05) is 50.6 Å². The van der Waals surface area contributed by atoms with Crippen LogP contribution in [0.3, 0.4) is 0 Å². The third kappa shape index (κ3) is 9.16. The molecule has 1 rings (SSSR count). The highest BCUT2D eigenvalue weighted by Crippen LogP contribution is 2.10. The molecule has 34 heavy (non-hydrogen) atoms. The summed E-state index contributed by atoms with van der Waals surface area (Å²) in [5.41, 5.74) is 11.3. The highest BCUT2D eigenvalue weighted by Gasteiger charge is 2.32. The summed E-state index contributed by atoms with van der Waals surface area (Å²) < 4.78 is 0. The van der Waals surface area contributed by atoms with E-state index in [-0.39, 0.29) is 12.3 Å². The Morgan fingerprint density at radius 3 is 2.00 bits per heavy atom. The zero-order valence-corrected chi connectivity index (χ0v) is 19.2. The van der Waals surface area contributed by atoms with Crippen LogP contribution in [-0.4, -0.2) is 70.6 Å². The molecule has 1 aromatic carbocycles. The van der Waals surface area contributed by atoms with Crippen molar-refractivity contribution >= 4 is 29.6 Å². The number of carboxylic acids is 1. The molecule has 0 saturated carbocycles. The highest BCUT2D eigenvalue weighted by molar-refractivity contribution is 5.96. The Morgan fingerprint density at radius 1 is 0.941 bits per heavy atom. The van der Waals surface area contributed by atoms with Crippen molar-refractivity contribution in [3.05, 3.63) is 35.9 Å². The summed E-state index contributed by atoms with van der Waals surface area (Å²) in [6.45, 7) is 2.76. The van der Waals surface area contributed by atoms with Crippen LogP contribution >= 0.6 is 0 Å². The molecule has 5 atom stereocenters. The first-order chi connectivity index (χ1) is 16.0. The molecule has 0 saturated heterocycles. The van der Waals surface area contributed by atoms with Gasteiger partial charge in [0.2, 0.25) is 23.6 Å². The second kappa shape index (κ2) is 13.9. The molecule has 0 bridgehead atoms. The first kappa shape index (κ1) is 28.5. The van der Waals surface area contributed by atoms with Crippen LogP contribution in [0.1, 0.15) is 32.3 Å². The SMILES string of the molecule is CCC(C)C(NC(=O)C(Cc1ccccc1)NC(=O)C(CC(N)=O)NC(=O)C(N)CO)C(=O)O. The number of rotatable bonds is 14. The number of aliphatic carboxylic acids is 1. The number of amides is 4. The number of nitrogens with two attached hydrogens (primary N) is 2. The van der Waals surface area contributed by atoms with Gasteiger partial charge in [-0.25, -0.2) is 4.79 Å². The molecule has 4 amide bonds. The van der Waals surface area contributed by atoms with E-state index in [1.807, 2.05) is 0 Å². The van der Waals surface area contributed by atoms with Crippen LogP contribution in [0.4, 0.5) is 0 Å². The van der Waals surface area contributed by atoms with Crippen LogP contribution in [0.15, 0.2) is 30.3 Å². The predicted molar refractivity (Wildman–Crippen MR) is 122 cm³/mol. The van der Waals surface area contributed by atoms with Gasteiger partial charge in [0.05, 0.1) is 13.0 Å². The maximum Gasteiger partial charge on any atom is 0.326 e. The lowest BCUT2D eigenvalue weighted by atomic mass is 9.98. The number of carbonyl (C=O) groups is 5. The molecular formula is C22H33N5O7. The predicted octanol–water partition coefficient (Wildman–Crippen LogP) is -1.99. The number of nitrogens with one attached hydrogen (secondary N) is 3. The normalized spacial score (nSPS) is 15.2. The van der Waals surface area contributed by atoms with Gasteiger partial charge < -0.3 is 37.6 Å². The van der Waals surface area contributed by atoms with E-state index in [2.05, 4.69) is 16.0 Å². The highest BCUT2D eigenvalue weighted by atomic mass is 16.4. The van der Waals surface area contributed by atoms with Crippen LogP contribution in [0.2, 0.25) is 0 Å². The Balaban J connectivity index is 3.15. The number of carbonyl (C=O) groups excluding carboxylic acids is 4. The van der Waals surface area contributed by atoms with Gasteiger partial charge >= 0.3 is 5.97 Å². The van der Waals surface area contributed by atoms with Gasteiger partial charge in [-0.15, -0.1) is 0 Å². The number of benzene rings is 1. The van der Waals surface area contributed by atoms with Gasteiger partial charge in [0, 0.05) is 6.42 Å². The molecule has 5 unspecified atom stereocenters. The Labute approximate surface area is 197 Å². The first-order valence-corrected chi connectivity index (χ1v) is 10.8. The molecular weight excluding hydrogens is 446 g/mol. The summed E-state index contributed by atoms with van der Waals surface area (Å²) in [5, 5.41) is 25.7. The van der Waals surface area contributed by atoms with Crippen LogP contribution in [0, 0.1) is 5.92 Å². The molecule has 0 radical (unpaired) electrons. The number of aliphatic hydroxyl groups excluding tert-OH is 1. The fourth-order valence-corrected chi connectivity index (χ4v) is 3.04. The summed E-state index contributed by atoms with van der Waals surface area (Å²) in [5.74, 6) is -5.04. The third-order valence-corrected chi connectivity index (χ3v) is 5.26. The van der Waals surface area contributed by atoms with Gasteiger partial charge in [0.1, 0.15) is 24.2 Å². The maximum absolute atomic E-state index is 13.0. The van der Waals surface area contributed by atoms with E-state index in [0.717, 1.165) is 0 Å². The molecule has 0 aliphatic carbocycles. The Hall–Kier alpha value is -3.51. The van der Waals surface area contributed by atoms with Gasteiger partial charge in [0.15, 0.2) is 0 Å².